The van der Waals surface area contributed by atoms with E-state index in [-0.39, 0.29) is 30.2 Å². The van der Waals surface area contributed by atoms with E-state index in [1.807, 2.05) is 11.3 Å². The monoisotopic (exact) mass is 365 g/mol. The molecule has 2 aliphatic rings. The van der Waals surface area contributed by atoms with Gasteiger partial charge < -0.3 is 5.32 Å². The number of aromatic nitrogens is 1. The van der Waals surface area contributed by atoms with Crippen molar-refractivity contribution in [2.24, 2.45) is 0 Å². The molecule has 2 atom stereocenters. The minimum Gasteiger partial charge on any atom is -0.311 e. The van der Waals surface area contributed by atoms with E-state index >= 15 is 0 Å². The van der Waals surface area contributed by atoms with Gasteiger partial charge in [-0.25, -0.2) is 4.98 Å². The number of rotatable bonds is 3. The van der Waals surface area contributed by atoms with Crippen LogP contribution in [0.2, 0.25) is 0 Å². The van der Waals surface area contributed by atoms with Crippen molar-refractivity contribution in [3.63, 3.8) is 0 Å². The summed E-state index contributed by atoms with van der Waals surface area (Å²) in [7, 11) is 2.27. The van der Waals surface area contributed by atoms with E-state index in [9.17, 15) is 0 Å². The quantitative estimate of drug-likeness (QED) is 0.877. The maximum absolute atomic E-state index is 4.83. The van der Waals surface area contributed by atoms with Crippen LogP contribution in [0, 0.1) is 0 Å². The molecule has 6 heteroatoms. The lowest BCUT2D eigenvalue weighted by molar-refractivity contribution is 0.165. The molecule has 2 aliphatic heterocycles. The van der Waals surface area contributed by atoms with Gasteiger partial charge in [0.15, 0.2) is 0 Å². The van der Waals surface area contributed by atoms with E-state index < -0.39 is 0 Å². The predicted molar refractivity (Wildman–Crippen MR) is 99.7 cm³/mol. The van der Waals surface area contributed by atoms with Crippen LogP contribution in [0.4, 0.5) is 0 Å². The first-order valence-electron chi connectivity index (χ1n) is 7.83. The van der Waals surface area contributed by atoms with Crippen LogP contribution in [0.25, 0.3) is 0 Å². The molecular weight excluding hydrogens is 337 g/mol. The Morgan fingerprint density at radius 2 is 1.82 bits per heavy atom. The number of fused-ring (bicyclic) bond motifs is 2. The second-order valence-electron chi connectivity index (χ2n) is 7.55. The number of thiazole rings is 1. The van der Waals surface area contributed by atoms with Crippen molar-refractivity contribution in [3.05, 3.63) is 16.1 Å². The van der Waals surface area contributed by atoms with Crippen molar-refractivity contribution in [3.8, 4) is 0 Å². The van der Waals surface area contributed by atoms with Crippen molar-refractivity contribution in [2.75, 3.05) is 7.05 Å². The zero-order chi connectivity index (χ0) is 14.3. The Kier molecular flexibility index (Phi) is 7.15. The fourth-order valence-corrected chi connectivity index (χ4v) is 4.54. The van der Waals surface area contributed by atoms with Gasteiger partial charge >= 0.3 is 0 Å². The van der Waals surface area contributed by atoms with E-state index in [0.29, 0.717) is 0 Å². The highest BCUT2D eigenvalue weighted by Gasteiger charge is 2.35. The number of nitrogens with one attached hydrogen (secondary N) is 1. The molecule has 2 bridgehead atoms. The summed E-state index contributed by atoms with van der Waals surface area (Å²) < 4.78 is 0. The molecular formula is C16H29Cl2N3S. The van der Waals surface area contributed by atoms with Gasteiger partial charge in [0.2, 0.25) is 0 Å². The maximum Gasteiger partial charge on any atom is 0.107 e. The van der Waals surface area contributed by atoms with Gasteiger partial charge in [-0.2, -0.15) is 0 Å². The Hall–Kier alpha value is 0.130. The first kappa shape index (κ1) is 20.2. The summed E-state index contributed by atoms with van der Waals surface area (Å²) in [6.45, 7) is 7.71. The number of piperidine rings is 1. The Labute approximate surface area is 151 Å². The molecule has 2 saturated heterocycles. The zero-order valence-corrected chi connectivity index (χ0v) is 16.4. The molecule has 2 fully saturated rings. The van der Waals surface area contributed by atoms with Gasteiger partial charge in [0.25, 0.3) is 0 Å². The molecule has 1 aromatic heterocycles. The van der Waals surface area contributed by atoms with Gasteiger partial charge in [0.05, 0.1) is 12.2 Å². The molecule has 0 saturated carbocycles. The van der Waals surface area contributed by atoms with Gasteiger partial charge in [-0.1, -0.05) is 20.8 Å². The summed E-state index contributed by atoms with van der Waals surface area (Å²) >= 11 is 1.82. The van der Waals surface area contributed by atoms with Gasteiger partial charge in [-0.3, -0.25) is 4.90 Å². The minimum absolute atomic E-state index is 0. The highest BCUT2D eigenvalue weighted by molar-refractivity contribution is 7.09. The van der Waals surface area contributed by atoms with Crippen LogP contribution >= 0.6 is 36.2 Å². The molecule has 3 nitrogen and oxygen atoms in total. The summed E-state index contributed by atoms with van der Waals surface area (Å²) in [4.78, 5) is 7.36. The van der Waals surface area contributed by atoms with Gasteiger partial charge in [0.1, 0.15) is 5.01 Å². The highest BCUT2D eigenvalue weighted by atomic mass is 35.5. The van der Waals surface area contributed by atoms with Crippen molar-refractivity contribution in [1.29, 1.82) is 0 Å². The molecule has 0 radical (unpaired) electrons. The van der Waals surface area contributed by atoms with E-state index in [1.54, 1.807) is 0 Å². The summed E-state index contributed by atoms with van der Waals surface area (Å²) in [6, 6.07) is 2.26. The maximum atomic E-state index is 4.83. The fraction of sp³-hybridized carbons (Fsp3) is 0.812. The van der Waals surface area contributed by atoms with Crippen LogP contribution in [0.3, 0.4) is 0 Å². The average Bonchev–Trinajstić information content (AvgIpc) is 2.96. The lowest BCUT2D eigenvalue weighted by Crippen LogP contribution is -2.46. The summed E-state index contributed by atoms with van der Waals surface area (Å²) in [5, 5.41) is 7.22. The lowest BCUT2D eigenvalue weighted by Gasteiger charge is -2.35. The molecule has 2 unspecified atom stereocenters. The smallest absolute Gasteiger partial charge is 0.107 e. The fourth-order valence-electron chi connectivity index (χ4n) is 3.46. The lowest BCUT2D eigenvalue weighted by atomic mass is 9.93. The second kappa shape index (κ2) is 7.80. The number of hydrogen-bond acceptors (Lipinski definition) is 4. The highest BCUT2D eigenvalue weighted by Crippen LogP contribution is 2.30. The Bertz CT molecular complexity index is 460. The first-order chi connectivity index (χ1) is 9.41. The van der Waals surface area contributed by atoms with E-state index in [4.69, 9.17) is 4.98 Å². The number of halogens is 2. The number of nitrogens with zero attached hydrogens (tertiary/aromatic N) is 2. The largest absolute Gasteiger partial charge is 0.311 e. The Morgan fingerprint density at radius 3 is 2.32 bits per heavy atom. The molecule has 0 aliphatic carbocycles. The van der Waals surface area contributed by atoms with E-state index in [2.05, 4.69) is 43.4 Å². The average molecular weight is 366 g/mol. The van der Waals surface area contributed by atoms with E-state index in [0.717, 1.165) is 24.7 Å². The zero-order valence-electron chi connectivity index (χ0n) is 14.0. The minimum atomic E-state index is 0. The Balaban J connectivity index is 0.00000121. The number of hydrogen-bond donors (Lipinski definition) is 1. The second-order valence-corrected chi connectivity index (χ2v) is 8.50. The third-order valence-electron chi connectivity index (χ3n) is 4.78. The molecule has 0 aromatic carbocycles. The van der Waals surface area contributed by atoms with Crippen molar-refractivity contribution in [2.45, 2.75) is 76.5 Å². The van der Waals surface area contributed by atoms with Crippen molar-refractivity contribution in [1.82, 2.24) is 15.2 Å². The first-order valence-corrected chi connectivity index (χ1v) is 8.71. The normalized spacial score (nSPS) is 27.4. The molecule has 3 heterocycles. The molecule has 128 valence electrons. The van der Waals surface area contributed by atoms with Crippen LogP contribution < -0.4 is 5.32 Å². The van der Waals surface area contributed by atoms with Crippen molar-refractivity contribution >= 4 is 36.2 Å². The predicted octanol–water partition coefficient (Wildman–Crippen LogP) is 4.00. The van der Waals surface area contributed by atoms with Gasteiger partial charge in [-0.15, -0.1) is 36.2 Å². The molecule has 3 rings (SSSR count). The summed E-state index contributed by atoms with van der Waals surface area (Å²) in [5.41, 5.74) is 1.40. The van der Waals surface area contributed by atoms with Crippen LogP contribution in [0.5, 0.6) is 0 Å². The summed E-state index contributed by atoms with van der Waals surface area (Å²) in [6.07, 6.45) is 5.37. The molecule has 0 amide bonds. The van der Waals surface area contributed by atoms with Crippen LogP contribution in [0.1, 0.15) is 57.2 Å². The molecule has 22 heavy (non-hydrogen) atoms. The van der Waals surface area contributed by atoms with Crippen LogP contribution in [-0.2, 0) is 12.0 Å². The van der Waals surface area contributed by atoms with Gasteiger partial charge in [-0.05, 0) is 32.7 Å². The topological polar surface area (TPSA) is 28.2 Å². The Morgan fingerprint density at radius 1 is 1.23 bits per heavy atom. The third-order valence-corrected chi connectivity index (χ3v) is 5.61. The van der Waals surface area contributed by atoms with Crippen LogP contribution in [0.15, 0.2) is 5.38 Å². The van der Waals surface area contributed by atoms with Crippen LogP contribution in [-0.4, -0.2) is 35.1 Å². The molecule has 1 aromatic rings. The third kappa shape index (κ3) is 4.57. The van der Waals surface area contributed by atoms with Gasteiger partial charge in [0, 0.05) is 28.9 Å². The standard InChI is InChI=1S/C16H27N3S.2ClH/c1-16(2,3)14-10-20-15(18-14)9-19(4)13-7-11-5-6-12(8-13)17-11;;/h10-13,17H,5-9H2,1-4H3;2*1H. The van der Waals surface area contributed by atoms with E-state index in [1.165, 1.54) is 36.4 Å². The summed E-state index contributed by atoms with van der Waals surface area (Å²) in [5.74, 6) is 0. The molecule has 1 N–H and O–H groups in total. The molecule has 0 spiro atoms. The van der Waals surface area contributed by atoms with Crippen molar-refractivity contribution < 1.29 is 0 Å². The SMILES string of the molecule is CN(Cc1nc(C(C)(C)C)cs1)C1CC2CCC(C1)N2.Cl.Cl.